The largest absolute Gasteiger partial charge is 0.497 e. The molecule has 1 N–H and O–H groups in total. The van der Waals surface area contributed by atoms with Crippen LogP contribution in [0.1, 0.15) is 28.8 Å². The molecule has 33 heavy (non-hydrogen) atoms. The van der Waals surface area contributed by atoms with Crippen molar-refractivity contribution in [1.82, 2.24) is 5.32 Å². The van der Waals surface area contributed by atoms with Crippen molar-refractivity contribution in [1.29, 1.82) is 0 Å². The molecule has 10 nitrogen and oxygen atoms in total. The van der Waals surface area contributed by atoms with E-state index in [1.807, 2.05) is 24.3 Å². The van der Waals surface area contributed by atoms with Gasteiger partial charge >= 0.3 is 5.69 Å². The van der Waals surface area contributed by atoms with Gasteiger partial charge in [-0.2, -0.15) is 0 Å². The van der Waals surface area contributed by atoms with E-state index in [2.05, 4.69) is 5.32 Å². The smallest absolute Gasteiger partial charge is 0.327 e. The number of hydrogen-bond acceptors (Lipinski definition) is 8. The van der Waals surface area contributed by atoms with Crippen LogP contribution in [0.15, 0.2) is 30.3 Å². The normalized spacial score (nSPS) is 14.8. The van der Waals surface area contributed by atoms with Gasteiger partial charge in [0.05, 0.1) is 33.4 Å². The van der Waals surface area contributed by atoms with Crippen LogP contribution < -0.4 is 24.3 Å². The third kappa shape index (κ3) is 4.80. The second-order valence-corrected chi connectivity index (χ2v) is 7.60. The minimum atomic E-state index is -0.663. The molecule has 0 aromatic heterocycles. The van der Waals surface area contributed by atoms with Gasteiger partial charge in [0.2, 0.25) is 11.5 Å². The van der Waals surface area contributed by atoms with Crippen LogP contribution in [0.3, 0.4) is 0 Å². The molecular weight excluding hydrogens is 432 g/mol. The minimum absolute atomic E-state index is 0.0439. The van der Waals surface area contributed by atoms with E-state index < -0.39 is 16.5 Å². The fourth-order valence-electron chi connectivity index (χ4n) is 4.11. The maximum Gasteiger partial charge on any atom is 0.327 e. The van der Waals surface area contributed by atoms with Gasteiger partial charge in [-0.05, 0) is 30.5 Å². The molecule has 1 saturated heterocycles. The lowest BCUT2D eigenvalue weighted by molar-refractivity contribution is -0.386. The van der Waals surface area contributed by atoms with Gasteiger partial charge in [-0.25, -0.2) is 0 Å². The monoisotopic (exact) mass is 460 g/mol. The molecule has 1 fully saturated rings. The molecule has 0 radical (unpaired) electrons. The quantitative estimate of drug-likeness (QED) is 0.448. The summed E-state index contributed by atoms with van der Waals surface area (Å²) in [4.78, 5) is 24.4. The van der Waals surface area contributed by atoms with E-state index >= 15 is 0 Å². The molecule has 1 heterocycles. The maximum absolute atomic E-state index is 13.2. The number of nitro benzene ring substituents is 1. The molecule has 0 unspecified atom stereocenters. The Hall–Kier alpha value is -3.53. The van der Waals surface area contributed by atoms with Crippen molar-refractivity contribution < 1.29 is 33.4 Å². The predicted octanol–water partition coefficient (Wildman–Crippen LogP) is 3.11. The van der Waals surface area contributed by atoms with Gasteiger partial charge in [0.1, 0.15) is 11.3 Å². The van der Waals surface area contributed by atoms with Gasteiger partial charge in [0, 0.05) is 31.2 Å². The Morgan fingerprint density at radius 3 is 2.18 bits per heavy atom. The van der Waals surface area contributed by atoms with Gasteiger partial charge in [0.15, 0.2) is 5.75 Å². The average molecular weight is 460 g/mol. The molecule has 2 aromatic rings. The molecule has 0 spiro atoms. The summed E-state index contributed by atoms with van der Waals surface area (Å²) in [6.07, 6.45) is 1.38. The molecule has 1 aliphatic heterocycles. The minimum Gasteiger partial charge on any atom is -0.497 e. The predicted molar refractivity (Wildman–Crippen MR) is 120 cm³/mol. The first-order valence-corrected chi connectivity index (χ1v) is 10.4. The summed E-state index contributed by atoms with van der Waals surface area (Å²) >= 11 is 0. The second-order valence-electron chi connectivity index (χ2n) is 7.60. The molecule has 3 rings (SSSR count). The summed E-state index contributed by atoms with van der Waals surface area (Å²) in [5.74, 6) is 0.143. The third-order valence-electron chi connectivity index (χ3n) is 5.97. The lowest BCUT2D eigenvalue weighted by Crippen LogP contribution is -2.44. The zero-order valence-electron chi connectivity index (χ0n) is 19.1. The van der Waals surface area contributed by atoms with E-state index in [4.69, 9.17) is 23.7 Å². The van der Waals surface area contributed by atoms with Crippen LogP contribution in [0.2, 0.25) is 0 Å². The summed E-state index contributed by atoms with van der Waals surface area (Å²) in [7, 11) is 5.59. The van der Waals surface area contributed by atoms with Crippen molar-refractivity contribution in [2.24, 2.45) is 0 Å². The highest BCUT2D eigenvalue weighted by atomic mass is 16.6. The van der Waals surface area contributed by atoms with E-state index in [0.29, 0.717) is 26.1 Å². The summed E-state index contributed by atoms with van der Waals surface area (Å²) in [5.41, 5.74) is -0.00820. The van der Waals surface area contributed by atoms with Crippen molar-refractivity contribution in [2.75, 3.05) is 48.2 Å². The molecule has 1 aliphatic rings. The second kappa shape index (κ2) is 10.4. The molecule has 10 heteroatoms. The van der Waals surface area contributed by atoms with E-state index in [1.54, 1.807) is 7.11 Å². The molecule has 1 amide bonds. The number of rotatable bonds is 9. The number of ether oxygens (including phenoxy) is 5. The van der Waals surface area contributed by atoms with Crippen LogP contribution in [0.5, 0.6) is 23.0 Å². The average Bonchev–Trinajstić information content (AvgIpc) is 2.86. The van der Waals surface area contributed by atoms with Crippen LogP contribution in [-0.4, -0.2) is 59.0 Å². The topological polar surface area (TPSA) is 118 Å². The maximum atomic E-state index is 13.2. The van der Waals surface area contributed by atoms with Gasteiger partial charge in [-0.15, -0.1) is 0 Å². The lowest BCUT2D eigenvalue weighted by Gasteiger charge is -2.38. The summed E-state index contributed by atoms with van der Waals surface area (Å²) in [6.45, 7) is 1.37. The number of amides is 1. The van der Waals surface area contributed by atoms with E-state index in [-0.39, 0.29) is 34.8 Å². The highest BCUT2D eigenvalue weighted by molar-refractivity contribution is 6.00. The van der Waals surface area contributed by atoms with Crippen LogP contribution in [-0.2, 0) is 10.2 Å². The highest BCUT2D eigenvalue weighted by Crippen LogP contribution is 2.46. The van der Waals surface area contributed by atoms with Gasteiger partial charge in [-0.3, -0.25) is 14.9 Å². The van der Waals surface area contributed by atoms with Crippen molar-refractivity contribution in [3.8, 4) is 23.0 Å². The zero-order chi connectivity index (χ0) is 24.0. The van der Waals surface area contributed by atoms with E-state index in [9.17, 15) is 14.9 Å². The van der Waals surface area contributed by atoms with Gasteiger partial charge < -0.3 is 29.0 Å². The Morgan fingerprint density at radius 1 is 1.03 bits per heavy atom. The summed E-state index contributed by atoms with van der Waals surface area (Å²) < 4.78 is 26.5. The number of hydrogen-bond donors (Lipinski definition) is 1. The summed E-state index contributed by atoms with van der Waals surface area (Å²) in [5, 5.41) is 14.7. The first-order chi connectivity index (χ1) is 15.9. The Labute approximate surface area is 191 Å². The third-order valence-corrected chi connectivity index (χ3v) is 5.97. The highest BCUT2D eigenvalue weighted by Gasteiger charge is 2.37. The van der Waals surface area contributed by atoms with Crippen molar-refractivity contribution in [3.63, 3.8) is 0 Å². The molecule has 0 aliphatic carbocycles. The number of benzene rings is 2. The van der Waals surface area contributed by atoms with Crippen molar-refractivity contribution in [3.05, 3.63) is 51.6 Å². The SMILES string of the molecule is COc1ccc(C2(CNC(=O)c3cc(OC)c(OC)c(OC)c3[N+](=O)[O-])CCOCC2)cc1. The van der Waals surface area contributed by atoms with E-state index in [1.165, 1.54) is 27.4 Å². The van der Waals surface area contributed by atoms with Crippen LogP contribution >= 0.6 is 0 Å². The van der Waals surface area contributed by atoms with Crippen molar-refractivity contribution >= 4 is 11.6 Å². The Balaban J connectivity index is 1.95. The number of nitrogens with zero attached hydrogens (tertiary/aromatic N) is 1. The van der Waals surface area contributed by atoms with Crippen LogP contribution in [0.25, 0.3) is 0 Å². The van der Waals surface area contributed by atoms with E-state index in [0.717, 1.165) is 11.3 Å². The molecular formula is C23H28N2O8. The van der Waals surface area contributed by atoms with Crippen LogP contribution in [0, 0.1) is 10.1 Å². The lowest BCUT2D eigenvalue weighted by atomic mass is 9.74. The first-order valence-electron chi connectivity index (χ1n) is 10.4. The Bertz CT molecular complexity index is 1000. The van der Waals surface area contributed by atoms with Crippen LogP contribution in [0.4, 0.5) is 5.69 Å². The Morgan fingerprint density at radius 2 is 1.67 bits per heavy atom. The number of carbonyl (C=O) groups excluding carboxylic acids is 1. The molecule has 0 bridgehead atoms. The first kappa shape index (κ1) is 24.1. The summed E-state index contributed by atoms with van der Waals surface area (Å²) in [6, 6.07) is 8.98. The number of methoxy groups -OCH3 is 4. The number of nitrogens with one attached hydrogen (secondary N) is 1. The number of nitro groups is 1. The van der Waals surface area contributed by atoms with Gasteiger partial charge in [0.25, 0.3) is 5.91 Å². The molecule has 2 aromatic carbocycles. The molecule has 178 valence electrons. The fourth-order valence-corrected chi connectivity index (χ4v) is 4.11. The van der Waals surface area contributed by atoms with Crippen molar-refractivity contribution in [2.45, 2.75) is 18.3 Å². The Kier molecular flexibility index (Phi) is 7.59. The zero-order valence-corrected chi connectivity index (χ0v) is 19.1. The molecule has 0 atom stereocenters. The van der Waals surface area contributed by atoms with Gasteiger partial charge in [-0.1, -0.05) is 12.1 Å². The number of carbonyl (C=O) groups is 1. The molecule has 0 saturated carbocycles. The standard InChI is InChI=1S/C23H28N2O8/c1-29-16-7-5-15(6-8-16)23(9-11-33-12-10-23)14-24-22(26)17-13-18(30-2)20(31-3)21(32-4)19(17)25(27)28/h5-8,13H,9-12,14H2,1-4H3,(H,24,26). The fraction of sp³-hybridized carbons (Fsp3) is 0.435.